The van der Waals surface area contributed by atoms with Gasteiger partial charge in [0.15, 0.2) is 6.61 Å². The predicted molar refractivity (Wildman–Crippen MR) is 85.5 cm³/mol. The quantitative estimate of drug-likeness (QED) is 0.784. The van der Waals surface area contributed by atoms with E-state index in [2.05, 4.69) is 4.98 Å². The van der Waals surface area contributed by atoms with E-state index < -0.39 is 0 Å². The maximum Gasteiger partial charge on any atom is 0.264 e. The lowest BCUT2D eigenvalue weighted by Crippen LogP contribution is -2.35. The Morgan fingerprint density at radius 1 is 1.35 bits per heavy atom. The summed E-state index contributed by atoms with van der Waals surface area (Å²) in [5.74, 6) is 0.614. The van der Waals surface area contributed by atoms with Gasteiger partial charge in [-0.05, 0) is 24.3 Å². The Morgan fingerprint density at radius 2 is 2.22 bits per heavy atom. The predicted octanol–water partition coefficient (Wildman–Crippen LogP) is 1.85. The molecule has 116 valence electrons. The molecule has 6 nitrogen and oxygen atoms in total. The van der Waals surface area contributed by atoms with Crippen molar-refractivity contribution in [1.29, 1.82) is 0 Å². The lowest BCUT2D eigenvalue weighted by molar-refractivity contribution is -0.120. The standard InChI is InChI=1S/C17H15N3O3/c1-19-14-7-11(4-5-15(14)23-10-16(19)22)13-8-20-6-2-3-12(9-21)17(20)18-13/h2-8,21H,9-10H2,1H3. The average Bonchev–Trinajstić information content (AvgIpc) is 3.02. The maximum atomic E-state index is 11.8. The fourth-order valence-electron chi connectivity index (χ4n) is 2.77. The van der Waals surface area contributed by atoms with Crippen molar-refractivity contribution in [2.75, 3.05) is 18.6 Å². The first-order valence-electron chi connectivity index (χ1n) is 7.28. The average molecular weight is 309 g/mol. The Labute approximate surface area is 132 Å². The number of aliphatic hydroxyl groups is 1. The van der Waals surface area contributed by atoms with Gasteiger partial charge in [-0.3, -0.25) is 4.79 Å². The van der Waals surface area contributed by atoms with Gasteiger partial charge >= 0.3 is 0 Å². The number of ether oxygens (including phenoxy) is 1. The normalized spacial score (nSPS) is 14.0. The first-order chi connectivity index (χ1) is 11.2. The molecule has 0 aliphatic carbocycles. The van der Waals surface area contributed by atoms with E-state index in [1.54, 1.807) is 11.9 Å². The zero-order valence-electron chi connectivity index (χ0n) is 12.6. The van der Waals surface area contributed by atoms with E-state index in [0.29, 0.717) is 5.75 Å². The number of aliphatic hydroxyl groups excluding tert-OH is 1. The number of carbonyl (C=O) groups is 1. The number of aromatic nitrogens is 2. The van der Waals surface area contributed by atoms with Crippen LogP contribution in [0.4, 0.5) is 5.69 Å². The van der Waals surface area contributed by atoms with Crippen molar-refractivity contribution in [1.82, 2.24) is 9.38 Å². The Hall–Kier alpha value is -2.86. The van der Waals surface area contributed by atoms with Crippen molar-refractivity contribution in [3.8, 4) is 17.0 Å². The number of rotatable bonds is 2. The number of carbonyl (C=O) groups excluding carboxylic acids is 1. The molecule has 1 amide bonds. The van der Waals surface area contributed by atoms with Gasteiger partial charge in [0.2, 0.25) is 0 Å². The number of imidazole rings is 1. The van der Waals surface area contributed by atoms with Crippen molar-refractivity contribution in [2.45, 2.75) is 6.61 Å². The van der Waals surface area contributed by atoms with Crippen LogP contribution in [0.1, 0.15) is 5.56 Å². The highest BCUT2D eigenvalue weighted by Gasteiger charge is 2.23. The number of anilines is 1. The van der Waals surface area contributed by atoms with Crippen LogP contribution in [0.15, 0.2) is 42.7 Å². The summed E-state index contributed by atoms with van der Waals surface area (Å²) in [4.78, 5) is 18.0. The van der Waals surface area contributed by atoms with Gasteiger partial charge in [0, 0.05) is 30.6 Å². The van der Waals surface area contributed by atoms with Gasteiger partial charge in [0.05, 0.1) is 18.0 Å². The maximum absolute atomic E-state index is 11.8. The fourth-order valence-corrected chi connectivity index (χ4v) is 2.77. The second kappa shape index (κ2) is 5.10. The first-order valence-corrected chi connectivity index (χ1v) is 7.28. The van der Waals surface area contributed by atoms with E-state index in [9.17, 15) is 9.90 Å². The number of nitrogens with zero attached hydrogens (tertiary/aromatic N) is 3. The molecule has 0 spiro atoms. The minimum absolute atomic E-state index is 0.0595. The van der Waals surface area contributed by atoms with Crippen molar-refractivity contribution < 1.29 is 14.6 Å². The van der Waals surface area contributed by atoms with Gasteiger partial charge in [-0.2, -0.15) is 0 Å². The second-order valence-corrected chi connectivity index (χ2v) is 5.47. The van der Waals surface area contributed by atoms with E-state index in [4.69, 9.17) is 4.74 Å². The van der Waals surface area contributed by atoms with Crippen molar-refractivity contribution in [2.24, 2.45) is 0 Å². The number of amides is 1. The van der Waals surface area contributed by atoms with Gasteiger partial charge in [-0.1, -0.05) is 6.07 Å². The number of likely N-dealkylation sites (N-methyl/N-ethyl adjacent to an activating group) is 1. The van der Waals surface area contributed by atoms with Gasteiger partial charge in [-0.15, -0.1) is 0 Å². The van der Waals surface area contributed by atoms with Gasteiger partial charge in [0.1, 0.15) is 11.4 Å². The van der Waals surface area contributed by atoms with E-state index in [-0.39, 0.29) is 19.1 Å². The van der Waals surface area contributed by atoms with Crippen LogP contribution in [0.25, 0.3) is 16.9 Å². The topological polar surface area (TPSA) is 67.1 Å². The highest BCUT2D eigenvalue weighted by molar-refractivity contribution is 5.98. The summed E-state index contributed by atoms with van der Waals surface area (Å²) < 4.78 is 7.32. The molecule has 3 aromatic rings. The zero-order valence-corrected chi connectivity index (χ0v) is 12.6. The fraction of sp³-hybridized carbons (Fsp3) is 0.176. The van der Waals surface area contributed by atoms with Crippen molar-refractivity contribution in [3.63, 3.8) is 0 Å². The monoisotopic (exact) mass is 309 g/mol. The molecule has 0 saturated carbocycles. The molecule has 3 heterocycles. The molecule has 0 radical (unpaired) electrons. The highest BCUT2D eigenvalue weighted by Crippen LogP contribution is 2.35. The summed E-state index contributed by atoms with van der Waals surface area (Å²) in [5, 5.41) is 9.42. The van der Waals surface area contributed by atoms with Gasteiger partial charge in [0.25, 0.3) is 5.91 Å². The molecule has 0 unspecified atom stereocenters. The van der Waals surface area contributed by atoms with E-state index >= 15 is 0 Å². The third-order valence-corrected chi connectivity index (χ3v) is 4.08. The number of pyridine rings is 1. The number of hydrogen-bond donors (Lipinski definition) is 1. The molecule has 0 bridgehead atoms. The lowest BCUT2D eigenvalue weighted by atomic mass is 10.1. The third-order valence-electron chi connectivity index (χ3n) is 4.08. The van der Waals surface area contributed by atoms with E-state index in [0.717, 1.165) is 28.2 Å². The largest absolute Gasteiger partial charge is 0.482 e. The van der Waals surface area contributed by atoms with Crippen molar-refractivity contribution in [3.05, 3.63) is 48.3 Å². The molecule has 1 aromatic carbocycles. The zero-order chi connectivity index (χ0) is 16.0. The molecule has 2 aromatic heterocycles. The molecule has 23 heavy (non-hydrogen) atoms. The lowest BCUT2D eigenvalue weighted by Gasteiger charge is -2.26. The SMILES string of the molecule is CN1C(=O)COc2ccc(-c3cn4cccc(CO)c4n3)cc21. The number of hydrogen-bond acceptors (Lipinski definition) is 4. The summed E-state index contributed by atoms with van der Waals surface area (Å²) in [6.45, 7) is 0.00708. The molecular formula is C17H15N3O3. The molecular weight excluding hydrogens is 294 g/mol. The van der Waals surface area contributed by atoms with Crippen LogP contribution >= 0.6 is 0 Å². The van der Waals surface area contributed by atoms with E-state index in [1.165, 1.54) is 0 Å². The second-order valence-electron chi connectivity index (χ2n) is 5.47. The summed E-state index contributed by atoms with van der Waals surface area (Å²) in [6.07, 6.45) is 3.80. The molecule has 0 atom stereocenters. The summed E-state index contributed by atoms with van der Waals surface area (Å²) in [7, 11) is 1.74. The first kappa shape index (κ1) is 13.8. The molecule has 1 aliphatic rings. The Morgan fingerprint density at radius 3 is 3.04 bits per heavy atom. The van der Waals surface area contributed by atoms with Crippen LogP contribution < -0.4 is 9.64 Å². The van der Waals surface area contributed by atoms with Crippen LogP contribution in [0.2, 0.25) is 0 Å². The Bertz CT molecular complexity index is 917. The number of benzene rings is 1. The third kappa shape index (κ3) is 2.15. The van der Waals surface area contributed by atoms with Crippen LogP contribution in [-0.2, 0) is 11.4 Å². The van der Waals surface area contributed by atoms with Crippen LogP contribution in [0, 0.1) is 0 Å². The van der Waals surface area contributed by atoms with Crippen molar-refractivity contribution >= 4 is 17.2 Å². The molecule has 0 saturated heterocycles. The minimum atomic E-state index is -0.0766. The van der Waals surface area contributed by atoms with Gasteiger partial charge in [-0.25, -0.2) is 4.98 Å². The Kier molecular flexibility index (Phi) is 3.06. The molecule has 0 fully saturated rings. The number of fused-ring (bicyclic) bond motifs is 2. The Balaban J connectivity index is 1.84. The highest BCUT2D eigenvalue weighted by atomic mass is 16.5. The molecule has 4 rings (SSSR count). The summed E-state index contributed by atoms with van der Waals surface area (Å²) in [5.41, 5.74) is 3.90. The summed E-state index contributed by atoms with van der Waals surface area (Å²) >= 11 is 0. The van der Waals surface area contributed by atoms with Gasteiger partial charge < -0.3 is 19.1 Å². The summed E-state index contributed by atoms with van der Waals surface area (Å²) in [6, 6.07) is 9.39. The van der Waals surface area contributed by atoms with Crippen LogP contribution in [0.3, 0.4) is 0 Å². The molecule has 1 N–H and O–H groups in total. The minimum Gasteiger partial charge on any atom is -0.482 e. The molecule has 6 heteroatoms. The van der Waals surface area contributed by atoms with Crippen LogP contribution in [-0.4, -0.2) is 34.1 Å². The van der Waals surface area contributed by atoms with Crippen LogP contribution in [0.5, 0.6) is 5.75 Å². The van der Waals surface area contributed by atoms with E-state index in [1.807, 2.05) is 47.1 Å². The smallest absolute Gasteiger partial charge is 0.264 e. The molecule has 1 aliphatic heterocycles.